The van der Waals surface area contributed by atoms with Gasteiger partial charge in [-0.3, -0.25) is 9.59 Å². The quantitative estimate of drug-likeness (QED) is 0.452. The fourth-order valence-corrected chi connectivity index (χ4v) is 4.44. The third-order valence-electron chi connectivity index (χ3n) is 6.81. The molecule has 8 heteroatoms. The van der Waals surface area contributed by atoms with Crippen LogP contribution in [-0.4, -0.2) is 71.1 Å². The van der Waals surface area contributed by atoms with Crippen molar-refractivity contribution in [1.82, 2.24) is 20.0 Å². The summed E-state index contributed by atoms with van der Waals surface area (Å²) >= 11 is 0. The van der Waals surface area contributed by atoms with Gasteiger partial charge in [0.2, 0.25) is 5.91 Å². The van der Waals surface area contributed by atoms with Gasteiger partial charge in [-0.15, -0.1) is 10.2 Å². The summed E-state index contributed by atoms with van der Waals surface area (Å²) in [5.41, 5.74) is 2.10. The van der Waals surface area contributed by atoms with E-state index in [-0.39, 0.29) is 29.8 Å². The molecule has 1 aromatic heterocycles. The van der Waals surface area contributed by atoms with E-state index in [1.54, 1.807) is 11.0 Å². The molecule has 7 nitrogen and oxygen atoms in total. The van der Waals surface area contributed by atoms with Crippen molar-refractivity contribution in [2.45, 2.75) is 26.7 Å². The van der Waals surface area contributed by atoms with E-state index in [2.05, 4.69) is 22.0 Å². The number of benzene rings is 2. The van der Waals surface area contributed by atoms with Crippen LogP contribution < -0.4 is 4.90 Å². The number of nitrogens with zero attached hydrogens (tertiary/aromatic N) is 5. The Balaban J connectivity index is 1.39. The summed E-state index contributed by atoms with van der Waals surface area (Å²) in [6.07, 6.45) is 1.67. The van der Waals surface area contributed by atoms with Gasteiger partial charge >= 0.3 is 0 Å². The predicted octanol–water partition coefficient (Wildman–Crippen LogP) is 4.51. The molecule has 0 saturated carbocycles. The van der Waals surface area contributed by atoms with E-state index in [0.29, 0.717) is 26.2 Å². The lowest BCUT2D eigenvalue weighted by Gasteiger charge is -2.29. The highest BCUT2D eigenvalue weighted by molar-refractivity contribution is 5.96. The second-order valence-corrected chi connectivity index (χ2v) is 9.57. The molecule has 2 heterocycles. The van der Waals surface area contributed by atoms with Crippen LogP contribution in [0.5, 0.6) is 0 Å². The Kier molecular flexibility index (Phi) is 8.82. The van der Waals surface area contributed by atoms with E-state index >= 15 is 0 Å². The van der Waals surface area contributed by atoms with E-state index < -0.39 is 5.82 Å². The van der Waals surface area contributed by atoms with Crippen LogP contribution in [0.15, 0.2) is 66.7 Å². The summed E-state index contributed by atoms with van der Waals surface area (Å²) in [6, 6.07) is 19.5. The van der Waals surface area contributed by atoms with Crippen molar-refractivity contribution in [2.75, 3.05) is 44.2 Å². The van der Waals surface area contributed by atoms with Gasteiger partial charge in [-0.25, -0.2) is 4.39 Å². The first kappa shape index (κ1) is 26.3. The Morgan fingerprint density at radius 1 is 0.973 bits per heavy atom. The van der Waals surface area contributed by atoms with Crippen molar-refractivity contribution < 1.29 is 14.0 Å². The van der Waals surface area contributed by atoms with Crippen LogP contribution in [0.3, 0.4) is 0 Å². The van der Waals surface area contributed by atoms with Gasteiger partial charge in [0.25, 0.3) is 5.91 Å². The van der Waals surface area contributed by atoms with Crippen LogP contribution >= 0.6 is 0 Å². The second kappa shape index (κ2) is 12.4. The molecule has 37 heavy (non-hydrogen) atoms. The number of aromatic nitrogens is 2. The van der Waals surface area contributed by atoms with Crippen LogP contribution in [0.25, 0.3) is 11.3 Å². The minimum Gasteiger partial charge on any atom is -0.353 e. The molecule has 1 atom stereocenters. The maximum Gasteiger partial charge on any atom is 0.254 e. The largest absolute Gasteiger partial charge is 0.353 e. The molecule has 0 bridgehead atoms. The predicted molar refractivity (Wildman–Crippen MR) is 143 cm³/mol. The van der Waals surface area contributed by atoms with E-state index in [1.807, 2.05) is 54.3 Å². The van der Waals surface area contributed by atoms with E-state index in [0.717, 1.165) is 36.5 Å². The maximum atomic E-state index is 13.7. The molecule has 3 aromatic rings. The lowest BCUT2D eigenvalue weighted by atomic mass is 10.1. The van der Waals surface area contributed by atoms with Gasteiger partial charge in [-0.05, 0) is 42.7 Å². The molecule has 0 unspecified atom stereocenters. The molecule has 1 fully saturated rings. The van der Waals surface area contributed by atoms with Crippen molar-refractivity contribution in [2.24, 2.45) is 5.92 Å². The maximum absolute atomic E-state index is 13.7. The molecule has 1 aliphatic rings. The molecule has 0 radical (unpaired) electrons. The number of carbonyl (C=O) groups is 2. The summed E-state index contributed by atoms with van der Waals surface area (Å²) in [6.45, 7) is 7.06. The number of hydrogen-bond donors (Lipinski definition) is 0. The minimum absolute atomic E-state index is 0.0226. The number of halogens is 1. The van der Waals surface area contributed by atoms with Crippen LogP contribution in [0.1, 0.15) is 37.0 Å². The first-order valence-corrected chi connectivity index (χ1v) is 12.9. The van der Waals surface area contributed by atoms with Gasteiger partial charge in [0.1, 0.15) is 12.4 Å². The Morgan fingerprint density at radius 3 is 2.49 bits per heavy atom. The molecule has 0 N–H and O–H groups in total. The van der Waals surface area contributed by atoms with Crippen molar-refractivity contribution in [3.8, 4) is 11.3 Å². The van der Waals surface area contributed by atoms with Crippen molar-refractivity contribution in [3.05, 3.63) is 78.1 Å². The Morgan fingerprint density at radius 2 is 1.78 bits per heavy atom. The van der Waals surface area contributed by atoms with E-state index in [1.165, 1.54) is 18.2 Å². The molecular formula is C29H34FN5O2. The van der Waals surface area contributed by atoms with Gasteiger partial charge < -0.3 is 14.7 Å². The zero-order valence-corrected chi connectivity index (χ0v) is 21.5. The Hall–Kier alpha value is -3.81. The lowest BCUT2D eigenvalue weighted by molar-refractivity contribution is -0.131. The first-order valence-electron chi connectivity index (χ1n) is 12.9. The van der Waals surface area contributed by atoms with Crippen LogP contribution in [0, 0.1) is 11.7 Å². The standard InChI is InChI=1S/C29H34FN5O2/c1-3-22(2)20-35(29(37)24-11-7-12-25(30)19-24)21-28(36)34-16-8-15-33(17-18-34)27-14-13-26(31-32-27)23-9-5-4-6-10-23/h4-7,9-14,19,22H,3,8,15-18,20-21H2,1-2H3/t22-/m1/s1. The number of hydrogen-bond acceptors (Lipinski definition) is 5. The zero-order valence-electron chi connectivity index (χ0n) is 21.5. The van der Waals surface area contributed by atoms with E-state index in [9.17, 15) is 14.0 Å². The topological polar surface area (TPSA) is 69.6 Å². The molecule has 194 valence electrons. The molecule has 1 aliphatic heterocycles. The summed E-state index contributed by atoms with van der Waals surface area (Å²) in [7, 11) is 0. The number of amides is 2. The average molecular weight is 504 g/mol. The van der Waals surface area contributed by atoms with Gasteiger partial charge in [0.05, 0.1) is 5.69 Å². The number of carbonyl (C=O) groups excluding carboxylic acids is 2. The molecular weight excluding hydrogens is 469 g/mol. The first-order chi connectivity index (χ1) is 17.9. The molecule has 2 amide bonds. The highest BCUT2D eigenvalue weighted by Gasteiger charge is 2.26. The second-order valence-electron chi connectivity index (χ2n) is 9.57. The van der Waals surface area contributed by atoms with Crippen molar-refractivity contribution in [3.63, 3.8) is 0 Å². The summed E-state index contributed by atoms with van der Waals surface area (Å²) in [5.74, 6) is 0.128. The smallest absolute Gasteiger partial charge is 0.254 e. The molecule has 0 aliphatic carbocycles. The molecule has 2 aromatic carbocycles. The van der Waals surface area contributed by atoms with Gasteiger partial charge in [-0.1, -0.05) is 56.7 Å². The molecule has 4 rings (SSSR count). The van der Waals surface area contributed by atoms with Crippen LogP contribution in [0.2, 0.25) is 0 Å². The Labute approximate surface area is 217 Å². The summed E-state index contributed by atoms with van der Waals surface area (Å²) in [5, 5.41) is 8.83. The normalized spacial score (nSPS) is 14.7. The van der Waals surface area contributed by atoms with Crippen molar-refractivity contribution in [1.29, 1.82) is 0 Å². The third-order valence-corrected chi connectivity index (χ3v) is 6.81. The van der Waals surface area contributed by atoms with Gasteiger partial charge in [0.15, 0.2) is 5.82 Å². The minimum atomic E-state index is -0.465. The van der Waals surface area contributed by atoms with Gasteiger partial charge in [0, 0.05) is 43.9 Å². The highest BCUT2D eigenvalue weighted by atomic mass is 19.1. The SMILES string of the molecule is CC[C@@H](C)CN(CC(=O)N1CCCN(c2ccc(-c3ccccc3)nn2)CC1)C(=O)c1cccc(F)c1. The summed E-state index contributed by atoms with van der Waals surface area (Å²) < 4.78 is 13.7. The summed E-state index contributed by atoms with van der Waals surface area (Å²) in [4.78, 5) is 32.0. The monoisotopic (exact) mass is 503 g/mol. The highest BCUT2D eigenvalue weighted by Crippen LogP contribution is 2.19. The molecule has 0 spiro atoms. The average Bonchev–Trinajstić information content (AvgIpc) is 3.19. The third kappa shape index (κ3) is 6.90. The Bertz CT molecular complexity index is 1190. The fraction of sp³-hybridized carbons (Fsp3) is 0.379. The number of rotatable bonds is 8. The van der Waals surface area contributed by atoms with Gasteiger partial charge in [-0.2, -0.15) is 0 Å². The van der Waals surface area contributed by atoms with Crippen molar-refractivity contribution >= 4 is 17.6 Å². The lowest BCUT2D eigenvalue weighted by Crippen LogP contribution is -2.45. The van der Waals surface area contributed by atoms with Crippen LogP contribution in [-0.2, 0) is 4.79 Å². The zero-order chi connectivity index (χ0) is 26.2. The number of anilines is 1. The van der Waals surface area contributed by atoms with E-state index in [4.69, 9.17) is 0 Å². The van der Waals surface area contributed by atoms with Crippen LogP contribution in [0.4, 0.5) is 10.2 Å². The molecule has 1 saturated heterocycles. The fourth-order valence-electron chi connectivity index (χ4n) is 4.44.